The van der Waals surface area contributed by atoms with Crippen molar-refractivity contribution < 1.29 is 13.5 Å². The zero-order valence-electron chi connectivity index (χ0n) is 17.4. The summed E-state index contributed by atoms with van der Waals surface area (Å²) in [6, 6.07) is 5.87. The summed E-state index contributed by atoms with van der Waals surface area (Å²) >= 11 is 0. The number of nitrogens with zero attached hydrogens (tertiary/aromatic N) is 5. The summed E-state index contributed by atoms with van der Waals surface area (Å²) < 4.78 is 32.7. The molecule has 0 unspecified atom stereocenters. The first-order chi connectivity index (χ1) is 15.6. The Kier molecular flexibility index (Phi) is 4.56. The molecule has 8 nitrogen and oxygen atoms in total. The lowest BCUT2D eigenvalue weighted by atomic mass is 9.77. The molecule has 0 radical (unpaired) electrons. The van der Waals surface area contributed by atoms with E-state index < -0.39 is 13.0 Å². The minimum atomic E-state index is -2.49. The Morgan fingerprint density at radius 2 is 2.09 bits per heavy atom. The van der Waals surface area contributed by atoms with E-state index >= 15 is 0 Å². The molecule has 166 valence electrons. The molecule has 0 bridgehead atoms. The number of aromatic nitrogens is 6. The molecule has 2 fully saturated rings. The molecule has 3 aromatic heterocycles. The summed E-state index contributed by atoms with van der Waals surface area (Å²) in [5.74, 6) is 0.607. The van der Waals surface area contributed by atoms with Crippen molar-refractivity contribution in [3.05, 3.63) is 30.6 Å². The number of ether oxygens (including phenoxy) is 1. The molecule has 1 saturated carbocycles. The van der Waals surface area contributed by atoms with Gasteiger partial charge in [-0.3, -0.25) is 0 Å². The molecule has 0 amide bonds. The highest BCUT2D eigenvalue weighted by molar-refractivity contribution is 5.95. The minimum absolute atomic E-state index is 0.138. The largest absolute Gasteiger partial charge is 0.375 e. The second-order valence-corrected chi connectivity index (χ2v) is 8.72. The van der Waals surface area contributed by atoms with Crippen LogP contribution in [0.2, 0.25) is 0 Å². The van der Waals surface area contributed by atoms with Crippen LogP contribution in [-0.2, 0) is 11.3 Å². The second-order valence-electron chi connectivity index (χ2n) is 8.72. The van der Waals surface area contributed by atoms with Gasteiger partial charge in [-0.2, -0.15) is 4.98 Å². The van der Waals surface area contributed by atoms with E-state index in [4.69, 9.17) is 4.74 Å². The van der Waals surface area contributed by atoms with Gasteiger partial charge in [0, 0.05) is 29.4 Å². The molecule has 0 atom stereocenters. The van der Waals surface area contributed by atoms with Crippen molar-refractivity contribution in [1.82, 2.24) is 29.9 Å². The molecule has 4 heterocycles. The zero-order valence-corrected chi connectivity index (χ0v) is 17.4. The molecule has 2 N–H and O–H groups in total. The highest BCUT2D eigenvalue weighted by Gasteiger charge is 2.41. The molecule has 1 aromatic carbocycles. The third-order valence-corrected chi connectivity index (χ3v) is 6.76. The number of nitrogens with one attached hydrogen (secondary N) is 2. The SMILES string of the molecule is FC(F)Cn1nnc2ccc(-c3c[nH]c4nc(NC5CCC6(CCO6)CC5)ncc34)cc21. The standard InChI is InChI=1S/C22H23F2N7O/c23-19(24)12-31-18-9-13(1-2-17(18)29-30-31)15-10-25-20-16(15)11-26-21(28-20)27-14-3-5-22(6-4-14)7-8-32-22/h1-2,9-11,14,19H,3-8,12H2,(H2,25,26,27,28). The van der Waals surface area contributed by atoms with Gasteiger partial charge in [0.2, 0.25) is 5.95 Å². The average molecular weight is 439 g/mol. The summed E-state index contributed by atoms with van der Waals surface area (Å²) in [6.07, 6.45) is 6.62. The van der Waals surface area contributed by atoms with Crippen molar-refractivity contribution in [3.8, 4) is 11.1 Å². The summed E-state index contributed by atoms with van der Waals surface area (Å²) in [5.41, 5.74) is 3.79. The minimum Gasteiger partial charge on any atom is -0.375 e. The van der Waals surface area contributed by atoms with E-state index in [1.807, 2.05) is 18.3 Å². The Morgan fingerprint density at radius 1 is 1.25 bits per heavy atom. The molecule has 1 saturated heterocycles. The summed E-state index contributed by atoms with van der Waals surface area (Å²) in [6.45, 7) is 0.408. The maximum absolute atomic E-state index is 12.9. The van der Waals surface area contributed by atoms with E-state index in [2.05, 4.69) is 30.6 Å². The van der Waals surface area contributed by atoms with Crippen LogP contribution >= 0.6 is 0 Å². The van der Waals surface area contributed by atoms with Crippen LogP contribution in [0.4, 0.5) is 14.7 Å². The lowest BCUT2D eigenvalue weighted by molar-refractivity contribution is -0.165. The number of hydrogen-bond acceptors (Lipinski definition) is 6. The monoisotopic (exact) mass is 439 g/mol. The fourth-order valence-corrected chi connectivity index (χ4v) is 4.87. The van der Waals surface area contributed by atoms with Gasteiger partial charge >= 0.3 is 0 Å². The Morgan fingerprint density at radius 3 is 2.84 bits per heavy atom. The van der Waals surface area contributed by atoms with E-state index in [0.29, 0.717) is 23.0 Å². The fourth-order valence-electron chi connectivity index (χ4n) is 4.87. The van der Waals surface area contributed by atoms with Crippen molar-refractivity contribution in [1.29, 1.82) is 0 Å². The quantitative estimate of drug-likeness (QED) is 0.485. The first kappa shape index (κ1) is 19.5. The second kappa shape index (κ2) is 7.47. The summed E-state index contributed by atoms with van der Waals surface area (Å²) in [5, 5.41) is 12.2. The van der Waals surface area contributed by atoms with Crippen LogP contribution < -0.4 is 5.32 Å². The molecule has 2 aliphatic rings. The molecular formula is C22H23F2N7O. The van der Waals surface area contributed by atoms with Gasteiger partial charge in [-0.1, -0.05) is 11.3 Å². The van der Waals surface area contributed by atoms with Crippen LogP contribution in [0.5, 0.6) is 0 Å². The predicted molar refractivity (Wildman–Crippen MR) is 116 cm³/mol. The number of H-pyrrole nitrogens is 1. The smallest absolute Gasteiger partial charge is 0.258 e. The number of aromatic amines is 1. The topological polar surface area (TPSA) is 93.5 Å². The first-order valence-corrected chi connectivity index (χ1v) is 10.9. The van der Waals surface area contributed by atoms with Crippen molar-refractivity contribution in [2.45, 2.75) is 56.7 Å². The summed E-state index contributed by atoms with van der Waals surface area (Å²) in [4.78, 5) is 12.4. The van der Waals surface area contributed by atoms with Gasteiger partial charge in [0.05, 0.1) is 17.7 Å². The lowest BCUT2D eigenvalue weighted by Gasteiger charge is -2.46. The van der Waals surface area contributed by atoms with Gasteiger partial charge in [-0.15, -0.1) is 5.10 Å². The molecule has 1 aliphatic heterocycles. The maximum atomic E-state index is 12.9. The van der Waals surface area contributed by atoms with Crippen LogP contribution in [0, 0.1) is 0 Å². The number of hydrogen-bond donors (Lipinski definition) is 2. The predicted octanol–water partition coefficient (Wildman–Crippen LogP) is 4.15. The highest BCUT2D eigenvalue weighted by atomic mass is 19.3. The Bertz CT molecular complexity index is 1270. The van der Waals surface area contributed by atoms with E-state index in [0.717, 1.165) is 54.5 Å². The van der Waals surface area contributed by atoms with E-state index in [1.165, 1.54) is 11.1 Å². The van der Waals surface area contributed by atoms with Crippen molar-refractivity contribution in [2.75, 3.05) is 11.9 Å². The molecule has 10 heteroatoms. The number of anilines is 1. The van der Waals surface area contributed by atoms with E-state index in [9.17, 15) is 8.78 Å². The van der Waals surface area contributed by atoms with Gasteiger partial charge in [0.15, 0.2) is 0 Å². The molecular weight excluding hydrogens is 416 g/mol. The van der Waals surface area contributed by atoms with Gasteiger partial charge < -0.3 is 15.0 Å². The van der Waals surface area contributed by atoms with Crippen LogP contribution in [0.3, 0.4) is 0 Å². The Balaban J connectivity index is 1.24. The summed E-state index contributed by atoms with van der Waals surface area (Å²) in [7, 11) is 0. The highest BCUT2D eigenvalue weighted by Crippen LogP contribution is 2.41. The maximum Gasteiger partial charge on any atom is 0.258 e. The first-order valence-electron chi connectivity index (χ1n) is 10.9. The van der Waals surface area contributed by atoms with E-state index in [-0.39, 0.29) is 5.60 Å². The van der Waals surface area contributed by atoms with Gasteiger partial charge in [-0.25, -0.2) is 18.4 Å². The van der Waals surface area contributed by atoms with Crippen LogP contribution in [0.25, 0.3) is 33.2 Å². The van der Waals surface area contributed by atoms with Crippen LogP contribution in [0.1, 0.15) is 32.1 Å². The number of alkyl halides is 2. The normalized spacial score (nSPS) is 23.3. The number of halogens is 2. The van der Waals surface area contributed by atoms with Gasteiger partial charge in [0.1, 0.15) is 17.7 Å². The number of rotatable bonds is 5. The fraction of sp³-hybridized carbons (Fsp3) is 0.455. The van der Waals surface area contributed by atoms with E-state index in [1.54, 1.807) is 12.3 Å². The number of benzene rings is 1. The Hall–Kier alpha value is -3.14. The Labute approximate surface area is 182 Å². The van der Waals surface area contributed by atoms with Crippen LogP contribution in [-0.4, -0.2) is 54.6 Å². The van der Waals surface area contributed by atoms with Crippen molar-refractivity contribution in [2.24, 2.45) is 0 Å². The molecule has 6 rings (SSSR count). The molecule has 32 heavy (non-hydrogen) atoms. The van der Waals surface area contributed by atoms with Gasteiger partial charge in [-0.05, 0) is 49.8 Å². The van der Waals surface area contributed by atoms with Crippen LogP contribution in [0.15, 0.2) is 30.6 Å². The van der Waals surface area contributed by atoms with Crippen molar-refractivity contribution >= 4 is 28.0 Å². The molecule has 4 aromatic rings. The molecule has 1 spiro atoms. The van der Waals surface area contributed by atoms with Gasteiger partial charge in [0.25, 0.3) is 6.43 Å². The third kappa shape index (κ3) is 3.38. The average Bonchev–Trinajstić information content (AvgIpc) is 3.36. The van der Waals surface area contributed by atoms with Crippen molar-refractivity contribution in [3.63, 3.8) is 0 Å². The third-order valence-electron chi connectivity index (χ3n) is 6.76. The number of fused-ring (bicyclic) bond motifs is 2. The lowest BCUT2D eigenvalue weighted by Crippen LogP contribution is -2.48. The zero-order chi connectivity index (χ0) is 21.7. The molecule has 1 aliphatic carbocycles.